The minimum Gasteiger partial charge on any atom is -0.368 e. The molecule has 28 heavy (non-hydrogen) atoms. The van der Waals surface area contributed by atoms with Gasteiger partial charge in [0.1, 0.15) is 5.82 Å². The van der Waals surface area contributed by atoms with Gasteiger partial charge in [-0.1, -0.05) is 24.3 Å². The number of hydrogen-bond acceptors (Lipinski definition) is 4. The van der Waals surface area contributed by atoms with Crippen LogP contribution < -0.4 is 9.80 Å². The number of para-hydroxylation sites is 1. The van der Waals surface area contributed by atoms with E-state index in [1.165, 1.54) is 22.2 Å². The zero-order valence-corrected chi connectivity index (χ0v) is 16.7. The van der Waals surface area contributed by atoms with E-state index >= 15 is 0 Å². The topological polar surface area (TPSA) is 36.7 Å². The molecule has 0 radical (unpaired) electrons. The standard InChI is InChI=1S/C23H25N5/c1-16-7-6-10-20(18(16)3)26-11-13-27(14-12-26)23-19-8-4-5-9-21(19)28-22(24-23)15-17(2)25-28/h4-10,15H,11-14H2,1-3H3. The summed E-state index contributed by atoms with van der Waals surface area (Å²) < 4.78 is 1.96. The molecule has 1 aliphatic heterocycles. The average Bonchev–Trinajstić information content (AvgIpc) is 3.10. The molecule has 0 amide bonds. The molecule has 5 heteroatoms. The third-order valence-corrected chi connectivity index (χ3v) is 5.90. The van der Waals surface area contributed by atoms with Gasteiger partial charge in [0.2, 0.25) is 0 Å². The lowest BCUT2D eigenvalue weighted by Gasteiger charge is -2.38. The van der Waals surface area contributed by atoms with Crippen molar-refractivity contribution in [2.75, 3.05) is 36.0 Å². The first-order chi connectivity index (χ1) is 13.6. The van der Waals surface area contributed by atoms with Crippen molar-refractivity contribution >= 4 is 28.1 Å². The van der Waals surface area contributed by atoms with E-state index in [2.05, 4.69) is 77.3 Å². The summed E-state index contributed by atoms with van der Waals surface area (Å²) in [6.07, 6.45) is 0. The summed E-state index contributed by atoms with van der Waals surface area (Å²) in [5, 5.41) is 5.79. The van der Waals surface area contributed by atoms with Crippen molar-refractivity contribution in [2.24, 2.45) is 0 Å². The molecular formula is C23H25N5. The van der Waals surface area contributed by atoms with Crippen LogP contribution in [-0.4, -0.2) is 40.8 Å². The molecule has 0 bridgehead atoms. The first-order valence-electron chi connectivity index (χ1n) is 9.93. The second-order valence-corrected chi connectivity index (χ2v) is 7.70. The van der Waals surface area contributed by atoms with E-state index in [4.69, 9.17) is 4.98 Å². The molecule has 0 saturated carbocycles. The smallest absolute Gasteiger partial charge is 0.158 e. The first kappa shape index (κ1) is 17.0. The molecule has 1 aliphatic rings. The van der Waals surface area contributed by atoms with Crippen LogP contribution in [0.25, 0.3) is 16.6 Å². The van der Waals surface area contributed by atoms with Gasteiger partial charge in [-0.25, -0.2) is 9.50 Å². The third-order valence-electron chi connectivity index (χ3n) is 5.90. The van der Waals surface area contributed by atoms with Crippen molar-refractivity contribution in [3.05, 3.63) is 65.4 Å². The van der Waals surface area contributed by atoms with Crippen molar-refractivity contribution in [3.8, 4) is 0 Å². The lowest BCUT2D eigenvalue weighted by atomic mass is 10.1. The molecule has 4 aromatic rings. The van der Waals surface area contributed by atoms with Crippen LogP contribution in [0, 0.1) is 20.8 Å². The maximum absolute atomic E-state index is 4.99. The number of aryl methyl sites for hydroxylation is 2. The van der Waals surface area contributed by atoms with Gasteiger partial charge in [0, 0.05) is 43.3 Å². The number of benzene rings is 2. The summed E-state index contributed by atoms with van der Waals surface area (Å²) in [6.45, 7) is 10.4. The predicted octanol–water partition coefficient (Wildman–Crippen LogP) is 4.13. The highest BCUT2D eigenvalue weighted by atomic mass is 15.3. The maximum atomic E-state index is 4.99. The summed E-state index contributed by atoms with van der Waals surface area (Å²) in [7, 11) is 0. The van der Waals surface area contributed by atoms with E-state index in [1.807, 2.05) is 11.4 Å². The van der Waals surface area contributed by atoms with E-state index < -0.39 is 0 Å². The van der Waals surface area contributed by atoms with Gasteiger partial charge in [0.05, 0.1) is 11.2 Å². The fourth-order valence-corrected chi connectivity index (χ4v) is 4.24. The van der Waals surface area contributed by atoms with Crippen LogP contribution in [0.1, 0.15) is 16.8 Å². The van der Waals surface area contributed by atoms with Gasteiger partial charge in [-0.2, -0.15) is 5.10 Å². The van der Waals surface area contributed by atoms with Crippen LogP contribution in [0.15, 0.2) is 48.5 Å². The number of anilines is 2. The number of hydrogen-bond donors (Lipinski definition) is 0. The molecule has 0 unspecified atom stereocenters. The van der Waals surface area contributed by atoms with Crippen molar-refractivity contribution < 1.29 is 0 Å². The third kappa shape index (κ3) is 2.70. The molecule has 0 aliphatic carbocycles. The molecule has 0 N–H and O–H groups in total. The highest BCUT2D eigenvalue weighted by Crippen LogP contribution is 2.29. The largest absolute Gasteiger partial charge is 0.368 e. The highest BCUT2D eigenvalue weighted by Gasteiger charge is 2.22. The predicted molar refractivity (Wildman–Crippen MR) is 116 cm³/mol. The molecular weight excluding hydrogens is 346 g/mol. The second-order valence-electron chi connectivity index (χ2n) is 7.70. The quantitative estimate of drug-likeness (QED) is 0.531. The molecule has 1 fully saturated rings. The molecule has 3 heterocycles. The van der Waals surface area contributed by atoms with E-state index in [0.29, 0.717) is 0 Å². The van der Waals surface area contributed by atoms with Crippen molar-refractivity contribution in [1.82, 2.24) is 14.6 Å². The Morgan fingerprint density at radius 2 is 1.57 bits per heavy atom. The lowest BCUT2D eigenvalue weighted by molar-refractivity contribution is 0.648. The summed E-state index contributed by atoms with van der Waals surface area (Å²) in [5.41, 5.74) is 7.13. The van der Waals surface area contributed by atoms with Gasteiger partial charge in [0.15, 0.2) is 5.65 Å². The van der Waals surface area contributed by atoms with E-state index in [1.54, 1.807) is 0 Å². The van der Waals surface area contributed by atoms with Crippen LogP contribution in [0.4, 0.5) is 11.5 Å². The van der Waals surface area contributed by atoms with Gasteiger partial charge in [-0.05, 0) is 50.1 Å². The fraction of sp³-hybridized carbons (Fsp3) is 0.304. The van der Waals surface area contributed by atoms with Crippen molar-refractivity contribution in [3.63, 3.8) is 0 Å². The van der Waals surface area contributed by atoms with Crippen molar-refractivity contribution in [1.29, 1.82) is 0 Å². The van der Waals surface area contributed by atoms with Gasteiger partial charge in [0.25, 0.3) is 0 Å². The fourth-order valence-electron chi connectivity index (χ4n) is 4.24. The van der Waals surface area contributed by atoms with Gasteiger partial charge >= 0.3 is 0 Å². The Balaban J connectivity index is 1.49. The first-order valence-corrected chi connectivity index (χ1v) is 9.93. The summed E-state index contributed by atoms with van der Waals surface area (Å²) in [5.74, 6) is 1.07. The molecule has 5 nitrogen and oxygen atoms in total. The van der Waals surface area contributed by atoms with Gasteiger partial charge in [-0.15, -0.1) is 0 Å². The number of piperazine rings is 1. The Morgan fingerprint density at radius 1 is 0.821 bits per heavy atom. The minimum atomic E-state index is 0.920. The molecule has 2 aromatic heterocycles. The Bertz CT molecular complexity index is 1170. The molecule has 0 atom stereocenters. The number of aromatic nitrogens is 3. The Kier molecular flexibility index (Phi) is 3.97. The second kappa shape index (κ2) is 6.51. The lowest BCUT2D eigenvalue weighted by Crippen LogP contribution is -2.47. The van der Waals surface area contributed by atoms with Crippen LogP contribution >= 0.6 is 0 Å². The maximum Gasteiger partial charge on any atom is 0.158 e. The monoisotopic (exact) mass is 371 g/mol. The van der Waals surface area contributed by atoms with Crippen LogP contribution in [-0.2, 0) is 0 Å². The Hall–Kier alpha value is -3.08. The van der Waals surface area contributed by atoms with E-state index in [9.17, 15) is 0 Å². The minimum absolute atomic E-state index is 0.920. The van der Waals surface area contributed by atoms with Crippen molar-refractivity contribution in [2.45, 2.75) is 20.8 Å². The number of nitrogens with zero attached hydrogens (tertiary/aromatic N) is 5. The molecule has 5 rings (SSSR count). The van der Waals surface area contributed by atoms with Crippen LogP contribution in [0.5, 0.6) is 0 Å². The summed E-state index contributed by atoms with van der Waals surface area (Å²) >= 11 is 0. The highest BCUT2D eigenvalue weighted by molar-refractivity contribution is 5.91. The average molecular weight is 371 g/mol. The summed E-state index contributed by atoms with van der Waals surface area (Å²) in [4.78, 5) is 9.91. The van der Waals surface area contributed by atoms with Crippen LogP contribution in [0.3, 0.4) is 0 Å². The van der Waals surface area contributed by atoms with E-state index in [0.717, 1.165) is 48.9 Å². The summed E-state index contributed by atoms with van der Waals surface area (Å²) in [6, 6.07) is 17.1. The Labute approximate surface area is 165 Å². The SMILES string of the molecule is Cc1cc2nc(N3CCN(c4cccc(C)c4C)CC3)c3ccccc3n2n1. The number of rotatable bonds is 2. The molecule has 2 aromatic carbocycles. The molecule has 0 spiro atoms. The Morgan fingerprint density at radius 3 is 2.39 bits per heavy atom. The molecule has 142 valence electrons. The van der Waals surface area contributed by atoms with Gasteiger partial charge in [-0.3, -0.25) is 0 Å². The van der Waals surface area contributed by atoms with E-state index in [-0.39, 0.29) is 0 Å². The van der Waals surface area contributed by atoms with Crippen LogP contribution in [0.2, 0.25) is 0 Å². The zero-order valence-electron chi connectivity index (χ0n) is 16.7. The number of fused-ring (bicyclic) bond motifs is 3. The zero-order chi connectivity index (χ0) is 19.3. The molecule has 1 saturated heterocycles. The van der Waals surface area contributed by atoms with Gasteiger partial charge < -0.3 is 9.80 Å². The normalized spacial score (nSPS) is 15.0.